The van der Waals surface area contributed by atoms with Gasteiger partial charge in [0.1, 0.15) is 48.7 Å². The highest BCUT2D eigenvalue weighted by Crippen LogP contribution is 2.52. The van der Waals surface area contributed by atoms with E-state index in [0.717, 1.165) is 17.2 Å². The predicted octanol–water partition coefficient (Wildman–Crippen LogP) is -1.32. The zero-order valence-corrected chi connectivity index (χ0v) is 24.8. The average Bonchev–Trinajstić information content (AvgIpc) is 3.75. The number of hydrogen-bond acceptors (Lipinski definition) is 17. The number of phosphoric ester groups is 1. The molecule has 0 saturated carbocycles. The molecule has 3 saturated heterocycles. The number of nitrogens with zero attached hydrogens (tertiary/aromatic N) is 7. The third kappa shape index (κ3) is 5.48. The van der Waals surface area contributed by atoms with Gasteiger partial charge in [-0.25, -0.2) is 28.9 Å². The van der Waals surface area contributed by atoms with Crippen LogP contribution in [0.2, 0.25) is 0 Å². The summed E-state index contributed by atoms with van der Waals surface area (Å²) in [5.41, 5.74) is 10.7. The van der Waals surface area contributed by atoms with E-state index in [1.165, 1.54) is 10.9 Å². The Morgan fingerprint density at radius 1 is 0.935 bits per heavy atom. The Balaban J connectivity index is 1.18. The number of alkyl halides is 1. The summed E-state index contributed by atoms with van der Waals surface area (Å²) in [5.74, 6) is -0.263. The molecule has 3 aliphatic rings. The number of fused-ring (bicyclic) bond motifs is 5. The third-order valence-electron chi connectivity index (χ3n) is 7.49. The van der Waals surface area contributed by atoms with E-state index >= 15 is 4.39 Å². The van der Waals surface area contributed by atoms with Crippen LogP contribution in [0.3, 0.4) is 0 Å². The van der Waals surface area contributed by atoms with E-state index in [1.807, 2.05) is 0 Å². The largest absolute Gasteiger partial charge is 0.472 e. The molecule has 0 spiro atoms. The number of H-pyrrole nitrogens is 1. The maximum atomic E-state index is 16.0. The second-order valence-electron chi connectivity index (χ2n) is 10.5. The van der Waals surface area contributed by atoms with Crippen molar-refractivity contribution in [2.45, 2.75) is 49.1 Å². The first-order valence-electron chi connectivity index (χ1n) is 13.3. The summed E-state index contributed by atoms with van der Waals surface area (Å²) >= 11 is 0. The molecule has 25 heteroatoms. The van der Waals surface area contributed by atoms with E-state index in [9.17, 15) is 28.8 Å². The van der Waals surface area contributed by atoms with Crippen LogP contribution >= 0.6 is 15.4 Å². The molecule has 0 amide bonds. The van der Waals surface area contributed by atoms with Gasteiger partial charge in [-0.3, -0.25) is 32.5 Å². The quantitative estimate of drug-likeness (QED) is 0.133. The molecule has 2 bridgehead atoms. The Morgan fingerprint density at radius 3 is 2.41 bits per heavy atom. The van der Waals surface area contributed by atoms with Gasteiger partial charge in [0, 0.05) is 0 Å². The van der Waals surface area contributed by atoms with Crippen molar-refractivity contribution >= 4 is 49.5 Å². The van der Waals surface area contributed by atoms with E-state index < -0.39 is 89.7 Å². The first-order chi connectivity index (χ1) is 21.8. The molecule has 22 nitrogen and oxygen atoms in total. The van der Waals surface area contributed by atoms with Gasteiger partial charge in [-0.05, 0) is 0 Å². The second-order valence-corrected chi connectivity index (χ2v) is 13.6. The lowest BCUT2D eigenvalue weighted by atomic mass is 10.1. The number of nitrogen functional groups attached to an aromatic ring is 2. The van der Waals surface area contributed by atoms with Gasteiger partial charge in [0.15, 0.2) is 41.3 Å². The van der Waals surface area contributed by atoms with Crippen molar-refractivity contribution in [2.24, 2.45) is 0 Å². The Labute approximate surface area is 254 Å². The number of nitrogens with one attached hydrogen (secondary N) is 1. The maximum absolute atomic E-state index is 16.0. The Hall–Kier alpha value is -3.47. The normalized spacial score (nSPS) is 37.4. The number of ether oxygens (including phenoxy) is 3. The minimum Gasteiger partial charge on any atom is -0.387 e. The van der Waals surface area contributed by atoms with Crippen molar-refractivity contribution in [1.82, 2.24) is 39.0 Å². The summed E-state index contributed by atoms with van der Waals surface area (Å²) in [5, 5.41) is 11.0. The number of aromatic amines is 1. The number of hydrogen-bond donors (Lipinski definition) is 6. The van der Waals surface area contributed by atoms with Crippen LogP contribution in [0.4, 0.5) is 16.2 Å². The number of aliphatic hydroxyl groups is 1. The van der Waals surface area contributed by atoms with Crippen molar-refractivity contribution in [1.29, 1.82) is 0 Å². The van der Waals surface area contributed by atoms with Crippen LogP contribution in [0, 0.1) is 0 Å². The molecule has 3 aliphatic heterocycles. The lowest BCUT2D eigenvalue weighted by Gasteiger charge is -2.26. The van der Waals surface area contributed by atoms with Gasteiger partial charge in [-0.2, -0.15) is 4.98 Å². The number of aliphatic hydroxyl groups excluding tert-OH is 1. The minimum atomic E-state index is -5.16. The number of phosphoric acid groups is 1. The summed E-state index contributed by atoms with van der Waals surface area (Å²) in [7, 11) is -9.85. The van der Waals surface area contributed by atoms with Gasteiger partial charge in [0.25, 0.3) is 5.56 Å². The molecule has 7 rings (SSSR count). The van der Waals surface area contributed by atoms with Crippen molar-refractivity contribution < 1.29 is 56.2 Å². The van der Waals surface area contributed by atoms with Gasteiger partial charge < -0.3 is 45.1 Å². The summed E-state index contributed by atoms with van der Waals surface area (Å²) < 4.78 is 77.0. The number of imidazole rings is 2. The van der Waals surface area contributed by atoms with Gasteiger partial charge >= 0.3 is 15.4 Å². The van der Waals surface area contributed by atoms with Crippen molar-refractivity contribution in [2.75, 3.05) is 31.0 Å². The highest BCUT2D eigenvalue weighted by atomic mass is 31.2. The van der Waals surface area contributed by atoms with Gasteiger partial charge in [-0.15, -0.1) is 0 Å². The van der Waals surface area contributed by atoms with Crippen molar-refractivity contribution in [3.63, 3.8) is 0 Å². The summed E-state index contributed by atoms with van der Waals surface area (Å²) in [6.45, 7) is -1.63. The Kier molecular flexibility index (Phi) is 7.68. The Morgan fingerprint density at radius 2 is 1.63 bits per heavy atom. The number of anilines is 2. The topological polar surface area (TPSA) is 309 Å². The molecular weight excluding hydrogens is 665 g/mol. The van der Waals surface area contributed by atoms with Gasteiger partial charge in [0.05, 0.1) is 25.9 Å². The number of nitrogens with two attached hydrogens (primary N) is 2. The summed E-state index contributed by atoms with van der Waals surface area (Å²) in [6.07, 6.45) is -10.6. The smallest absolute Gasteiger partial charge is 0.387 e. The predicted molar refractivity (Wildman–Crippen MR) is 147 cm³/mol. The summed E-state index contributed by atoms with van der Waals surface area (Å²) in [4.78, 5) is 55.6. The zero-order chi connectivity index (χ0) is 32.5. The van der Waals surface area contributed by atoms with Crippen LogP contribution in [-0.4, -0.2) is 110 Å². The first kappa shape index (κ1) is 31.1. The molecule has 0 radical (unpaired) electrons. The standard InChI is InChI=1S/C21H25FN10O12P2/c22-9-13-8(43-19(9)32-5-28-11-17(32)29-21(24)30-18(11)34)2-40-45(35,36)6-39-14-12(33)7(1-41-46(37,38)44-13)42-20(14)31-4-27-10-15(23)25-3-26-16(10)31/h3-5,7-9,12-14,19-20,33H,1-2,6H2,(H,35,36)(H,37,38)(H2,23,25,26)(H3,24,29,30,34)/t7-,8-,9-,12-,13-,14-,19-,20-/m1/s1. The first-order valence-corrected chi connectivity index (χ1v) is 16.6. The van der Waals surface area contributed by atoms with Crippen LogP contribution in [-0.2, 0) is 36.9 Å². The van der Waals surface area contributed by atoms with Crippen LogP contribution in [0.25, 0.3) is 22.3 Å². The molecule has 7 heterocycles. The maximum Gasteiger partial charge on any atom is 0.472 e. The van der Waals surface area contributed by atoms with Crippen LogP contribution in [0.15, 0.2) is 23.8 Å². The fraction of sp³-hybridized carbons (Fsp3) is 0.524. The molecule has 2 unspecified atom stereocenters. The van der Waals surface area contributed by atoms with E-state index in [0.29, 0.717) is 0 Å². The molecule has 3 fully saturated rings. The fourth-order valence-electron chi connectivity index (χ4n) is 5.38. The SMILES string of the molecule is Nc1nc2c(ncn2[C@@H]2O[C@@H]3COP(=O)(O)CO[C@@H]4[C@H](O)[C@@H](COP(=O)(O)O[C@H]3[C@H]2F)O[C@H]4n2cnc3c(N)ncnc32)c(=O)[nH]1. The van der Waals surface area contributed by atoms with Crippen LogP contribution in [0.5, 0.6) is 0 Å². The lowest BCUT2D eigenvalue weighted by Crippen LogP contribution is -2.37. The van der Waals surface area contributed by atoms with E-state index in [2.05, 4.69) is 29.9 Å². The van der Waals surface area contributed by atoms with E-state index in [-0.39, 0.29) is 34.1 Å². The molecule has 10 atom stereocenters. The van der Waals surface area contributed by atoms with Crippen LogP contribution in [0.1, 0.15) is 12.5 Å². The minimum absolute atomic E-state index is 0.0427. The summed E-state index contributed by atoms with van der Waals surface area (Å²) in [6, 6.07) is 0. The number of halogens is 1. The highest BCUT2D eigenvalue weighted by Gasteiger charge is 2.53. The number of rotatable bonds is 2. The zero-order valence-electron chi connectivity index (χ0n) is 23.0. The van der Waals surface area contributed by atoms with E-state index in [4.69, 9.17) is 39.2 Å². The van der Waals surface area contributed by atoms with Gasteiger partial charge in [-0.1, -0.05) is 0 Å². The Bertz CT molecular complexity index is 1960. The van der Waals surface area contributed by atoms with Crippen molar-refractivity contribution in [3.8, 4) is 0 Å². The third-order valence-corrected chi connectivity index (χ3v) is 9.51. The molecule has 248 valence electrons. The molecular formula is C21H25FN10O12P2. The molecule has 46 heavy (non-hydrogen) atoms. The lowest BCUT2D eigenvalue weighted by molar-refractivity contribution is -0.0640. The molecule has 0 aromatic carbocycles. The molecule has 8 N–H and O–H groups in total. The second kappa shape index (κ2) is 11.3. The van der Waals surface area contributed by atoms with Gasteiger partial charge in [0.2, 0.25) is 5.95 Å². The fourth-order valence-corrected chi connectivity index (χ4v) is 7.15. The highest BCUT2D eigenvalue weighted by molar-refractivity contribution is 7.52. The molecule has 4 aromatic rings. The molecule has 0 aliphatic carbocycles. The van der Waals surface area contributed by atoms with Crippen LogP contribution < -0.4 is 17.0 Å². The van der Waals surface area contributed by atoms with E-state index in [1.54, 1.807) is 0 Å². The monoisotopic (exact) mass is 690 g/mol. The molecule has 4 aromatic heterocycles. The average molecular weight is 690 g/mol. The number of aromatic nitrogens is 8. The van der Waals surface area contributed by atoms with Crippen molar-refractivity contribution in [3.05, 3.63) is 29.3 Å².